The zero-order valence-corrected chi connectivity index (χ0v) is 8.20. The molecule has 0 aliphatic carbocycles. The van der Waals surface area contributed by atoms with E-state index < -0.39 is 0 Å². The molecule has 0 fully saturated rings. The lowest BCUT2D eigenvalue weighted by molar-refractivity contribution is 0.713. The quantitative estimate of drug-likeness (QED) is 0.646. The molecule has 1 aromatic heterocycles. The number of H-pyrrole nitrogens is 1. The van der Waals surface area contributed by atoms with Gasteiger partial charge in [-0.2, -0.15) is 0 Å². The summed E-state index contributed by atoms with van der Waals surface area (Å²) in [5.41, 5.74) is 7.99. The molecule has 4 nitrogen and oxygen atoms in total. The molecule has 3 rings (SSSR count). The summed E-state index contributed by atoms with van der Waals surface area (Å²) in [6, 6.07) is 8.45. The predicted octanol–water partition coefficient (Wildman–Crippen LogP) is 1.13. The van der Waals surface area contributed by atoms with Crippen LogP contribution in [0, 0.1) is 0 Å². The van der Waals surface area contributed by atoms with Crippen molar-refractivity contribution in [2.24, 2.45) is 10.7 Å². The lowest BCUT2D eigenvalue weighted by atomic mass is 10.1. The summed E-state index contributed by atoms with van der Waals surface area (Å²) in [7, 11) is 0. The van der Waals surface area contributed by atoms with Crippen molar-refractivity contribution >= 4 is 16.9 Å². The van der Waals surface area contributed by atoms with Gasteiger partial charge in [0.1, 0.15) is 0 Å². The molecule has 0 spiro atoms. The molecule has 1 aromatic carbocycles. The molecule has 0 radical (unpaired) electrons. The number of guanidine groups is 1. The number of benzene rings is 1. The first kappa shape index (κ1) is 8.35. The molecule has 1 unspecified atom stereocenters. The van der Waals surface area contributed by atoms with Crippen LogP contribution >= 0.6 is 0 Å². The standard InChI is InChI=1S/C11H12N4/c12-11-14-6-10(15-11)8-5-13-9-4-2-1-3-7(8)9/h1-5,10,13H,6H2,(H3,12,14,15). The second kappa shape index (κ2) is 3.02. The molecule has 0 amide bonds. The van der Waals surface area contributed by atoms with Crippen LogP contribution in [0.5, 0.6) is 0 Å². The monoisotopic (exact) mass is 200 g/mol. The second-order valence-corrected chi connectivity index (χ2v) is 3.71. The summed E-state index contributed by atoms with van der Waals surface area (Å²) >= 11 is 0. The highest BCUT2D eigenvalue weighted by molar-refractivity contribution is 5.86. The van der Waals surface area contributed by atoms with Gasteiger partial charge in [-0.05, 0) is 6.07 Å². The number of rotatable bonds is 1. The normalized spacial score (nSPS) is 20.3. The molecular formula is C11H12N4. The Hall–Kier alpha value is -1.97. The van der Waals surface area contributed by atoms with Crippen LogP contribution in [0.2, 0.25) is 0 Å². The van der Waals surface area contributed by atoms with Crippen LogP contribution in [0.4, 0.5) is 0 Å². The first-order valence-electron chi connectivity index (χ1n) is 4.97. The highest BCUT2D eigenvalue weighted by atomic mass is 15.2. The number of aromatic nitrogens is 1. The summed E-state index contributed by atoms with van der Waals surface area (Å²) < 4.78 is 0. The molecule has 4 N–H and O–H groups in total. The average Bonchev–Trinajstić information content (AvgIpc) is 2.83. The first-order chi connectivity index (χ1) is 7.34. The van der Waals surface area contributed by atoms with E-state index in [1.165, 1.54) is 10.9 Å². The fourth-order valence-corrected chi connectivity index (χ4v) is 2.02. The molecule has 1 aliphatic heterocycles. The van der Waals surface area contributed by atoms with Crippen molar-refractivity contribution in [2.75, 3.05) is 6.54 Å². The van der Waals surface area contributed by atoms with Gasteiger partial charge < -0.3 is 16.0 Å². The zero-order chi connectivity index (χ0) is 10.3. The number of fused-ring (bicyclic) bond motifs is 1. The largest absolute Gasteiger partial charge is 0.370 e. The van der Waals surface area contributed by atoms with Crippen molar-refractivity contribution in [1.82, 2.24) is 10.3 Å². The zero-order valence-electron chi connectivity index (χ0n) is 8.20. The average molecular weight is 200 g/mol. The minimum atomic E-state index is 0.209. The van der Waals surface area contributed by atoms with Gasteiger partial charge in [-0.3, -0.25) is 4.99 Å². The number of nitrogens with zero attached hydrogens (tertiary/aromatic N) is 1. The minimum absolute atomic E-state index is 0.209. The number of aromatic amines is 1. The van der Waals surface area contributed by atoms with Gasteiger partial charge in [0.05, 0.1) is 12.6 Å². The third-order valence-electron chi connectivity index (χ3n) is 2.76. The third kappa shape index (κ3) is 1.26. The lowest BCUT2D eigenvalue weighted by Gasteiger charge is -2.08. The van der Waals surface area contributed by atoms with Crippen LogP contribution in [-0.2, 0) is 0 Å². The van der Waals surface area contributed by atoms with Crippen LogP contribution in [0.25, 0.3) is 10.9 Å². The van der Waals surface area contributed by atoms with E-state index in [4.69, 9.17) is 5.73 Å². The van der Waals surface area contributed by atoms with Crippen molar-refractivity contribution in [3.63, 3.8) is 0 Å². The van der Waals surface area contributed by atoms with Crippen molar-refractivity contribution in [3.8, 4) is 0 Å². The van der Waals surface area contributed by atoms with E-state index in [2.05, 4.69) is 27.4 Å². The van der Waals surface area contributed by atoms with Crippen molar-refractivity contribution in [3.05, 3.63) is 36.0 Å². The van der Waals surface area contributed by atoms with Crippen molar-refractivity contribution in [2.45, 2.75) is 6.04 Å². The Bertz CT molecular complexity index is 526. The molecule has 15 heavy (non-hydrogen) atoms. The van der Waals surface area contributed by atoms with Gasteiger partial charge in [-0.25, -0.2) is 0 Å². The number of hydrogen-bond donors (Lipinski definition) is 3. The number of aliphatic imine (C=N–C) groups is 1. The molecule has 1 atom stereocenters. The van der Waals surface area contributed by atoms with E-state index in [1.807, 2.05) is 18.3 Å². The Labute approximate surface area is 87.2 Å². The van der Waals surface area contributed by atoms with Crippen LogP contribution < -0.4 is 11.1 Å². The smallest absolute Gasteiger partial charge is 0.189 e. The molecule has 1 aliphatic rings. The van der Waals surface area contributed by atoms with E-state index in [9.17, 15) is 0 Å². The second-order valence-electron chi connectivity index (χ2n) is 3.71. The molecule has 0 saturated heterocycles. The van der Waals surface area contributed by atoms with E-state index in [1.54, 1.807) is 0 Å². The van der Waals surface area contributed by atoms with Gasteiger partial charge in [0.15, 0.2) is 5.96 Å². The van der Waals surface area contributed by atoms with E-state index in [-0.39, 0.29) is 6.04 Å². The lowest BCUT2D eigenvalue weighted by Crippen LogP contribution is -2.29. The number of hydrogen-bond acceptors (Lipinski definition) is 3. The van der Waals surface area contributed by atoms with Gasteiger partial charge in [-0.15, -0.1) is 0 Å². The SMILES string of the molecule is NC1=NCC(c2c[nH]c3ccccc23)N1. The van der Waals surface area contributed by atoms with Crippen LogP contribution in [0.3, 0.4) is 0 Å². The predicted molar refractivity (Wildman–Crippen MR) is 60.7 cm³/mol. The Morgan fingerprint density at radius 2 is 2.20 bits per heavy atom. The van der Waals surface area contributed by atoms with Crippen LogP contribution in [-0.4, -0.2) is 17.5 Å². The summed E-state index contributed by atoms with van der Waals surface area (Å²) in [5.74, 6) is 0.533. The fraction of sp³-hybridized carbons (Fsp3) is 0.182. The topological polar surface area (TPSA) is 66.2 Å². The fourth-order valence-electron chi connectivity index (χ4n) is 2.02. The molecule has 76 valence electrons. The van der Waals surface area contributed by atoms with E-state index >= 15 is 0 Å². The van der Waals surface area contributed by atoms with Gasteiger partial charge in [0, 0.05) is 22.7 Å². The summed E-state index contributed by atoms with van der Waals surface area (Å²) in [6.45, 7) is 0.716. The number of nitrogens with two attached hydrogens (primary N) is 1. The summed E-state index contributed by atoms with van der Waals surface area (Å²) in [5, 5.41) is 4.39. The molecule has 0 bridgehead atoms. The van der Waals surface area contributed by atoms with Gasteiger partial charge >= 0.3 is 0 Å². The maximum atomic E-state index is 5.60. The summed E-state index contributed by atoms with van der Waals surface area (Å²) in [6.07, 6.45) is 2.02. The molecular weight excluding hydrogens is 188 g/mol. The third-order valence-corrected chi connectivity index (χ3v) is 2.76. The maximum Gasteiger partial charge on any atom is 0.189 e. The van der Waals surface area contributed by atoms with E-state index in [0.29, 0.717) is 12.5 Å². The number of nitrogens with one attached hydrogen (secondary N) is 2. The van der Waals surface area contributed by atoms with Crippen LogP contribution in [0.15, 0.2) is 35.5 Å². The first-order valence-corrected chi connectivity index (χ1v) is 4.97. The van der Waals surface area contributed by atoms with E-state index in [0.717, 1.165) is 5.52 Å². The molecule has 0 saturated carbocycles. The molecule has 2 aromatic rings. The summed E-state index contributed by atoms with van der Waals surface area (Å²) in [4.78, 5) is 7.40. The Morgan fingerprint density at radius 3 is 3.00 bits per heavy atom. The Balaban J connectivity index is 2.05. The van der Waals surface area contributed by atoms with Gasteiger partial charge in [0.25, 0.3) is 0 Å². The highest BCUT2D eigenvalue weighted by Crippen LogP contribution is 2.25. The minimum Gasteiger partial charge on any atom is -0.370 e. The van der Waals surface area contributed by atoms with Gasteiger partial charge in [0.2, 0.25) is 0 Å². The Kier molecular flexibility index (Phi) is 1.68. The van der Waals surface area contributed by atoms with Crippen molar-refractivity contribution < 1.29 is 0 Å². The van der Waals surface area contributed by atoms with Crippen LogP contribution in [0.1, 0.15) is 11.6 Å². The maximum absolute atomic E-state index is 5.60. The molecule has 4 heteroatoms. The van der Waals surface area contributed by atoms with Crippen molar-refractivity contribution in [1.29, 1.82) is 0 Å². The molecule has 2 heterocycles. The van der Waals surface area contributed by atoms with Gasteiger partial charge in [-0.1, -0.05) is 18.2 Å². The number of para-hydroxylation sites is 1. The highest BCUT2D eigenvalue weighted by Gasteiger charge is 2.19. The Morgan fingerprint density at radius 1 is 1.33 bits per heavy atom.